The van der Waals surface area contributed by atoms with Gasteiger partial charge in [0.25, 0.3) is 5.91 Å². The van der Waals surface area contributed by atoms with Crippen molar-refractivity contribution >= 4 is 5.91 Å². The van der Waals surface area contributed by atoms with Crippen LogP contribution in [0, 0.1) is 6.92 Å². The maximum atomic E-state index is 12.8. The van der Waals surface area contributed by atoms with Crippen LogP contribution in [0.15, 0.2) is 54.6 Å². The van der Waals surface area contributed by atoms with E-state index in [9.17, 15) is 4.79 Å². The van der Waals surface area contributed by atoms with Gasteiger partial charge < -0.3 is 9.64 Å². The molecule has 4 rings (SSSR count). The molecule has 3 aromatic rings. The molecule has 6 nitrogen and oxygen atoms in total. The maximum Gasteiger partial charge on any atom is 0.272 e. The summed E-state index contributed by atoms with van der Waals surface area (Å²) >= 11 is 0. The van der Waals surface area contributed by atoms with Crippen LogP contribution in [0.1, 0.15) is 27.6 Å². The zero-order valence-electron chi connectivity index (χ0n) is 14.6. The van der Waals surface area contributed by atoms with E-state index < -0.39 is 0 Å². The van der Waals surface area contributed by atoms with Gasteiger partial charge in [0.2, 0.25) is 0 Å². The minimum atomic E-state index is -0.0157. The van der Waals surface area contributed by atoms with Gasteiger partial charge in [0.05, 0.1) is 18.8 Å². The Morgan fingerprint density at radius 1 is 1.04 bits per heavy atom. The lowest BCUT2D eigenvalue weighted by atomic mass is 10.2. The number of nitrogens with zero attached hydrogens (tertiary/aromatic N) is 4. The highest BCUT2D eigenvalue weighted by molar-refractivity contribution is 5.93. The van der Waals surface area contributed by atoms with E-state index in [1.54, 1.807) is 4.68 Å². The molecular weight excluding hydrogens is 328 g/mol. The van der Waals surface area contributed by atoms with Crippen LogP contribution >= 0.6 is 0 Å². The Labute approximate surface area is 152 Å². The molecule has 0 saturated heterocycles. The number of amides is 1. The Kier molecular flexibility index (Phi) is 4.39. The number of ether oxygens (including phenoxy) is 1. The first-order chi connectivity index (χ1) is 12.7. The molecule has 6 heteroatoms. The molecule has 0 saturated carbocycles. The van der Waals surface area contributed by atoms with E-state index in [1.165, 1.54) is 0 Å². The summed E-state index contributed by atoms with van der Waals surface area (Å²) in [6.07, 6.45) is 0. The number of pyridine rings is 1. The molecule has 1 aliphatic rings. The minimum absolute atomic E-state index is 0.0157. The second-order valence-electron chi connectivity index (χ2n) is 6.34. The van der Waals surface area contributed by atoms with Crippen molar-refractivity contribution in [2.24, 2.45) is 0 Å². The number of fused-ring (bicyclic) bond motifs is 1. The lowest BCUT2D eigenvalue weighted by Crippen LogP contribution is -2.40. The first kappa shape index (κ1) is 16.3. The summed E-state index contributed by atoms with van der Waals surface area (Å²) in [4.78, 5) is 19.1. The molecule has 1 amide bonds. The first-order valence-electron chi connectivity index (χ1n) is 8.65. The summed E-state index contributed by atoms with van der Waals surface area (Å²) in [6.45, 7) is 4.12. The highest BCUT2D eigenvalue weighted by Crippen LogP contribution is 2.18. The average Bonchev–Trinajstić information content (AvgIpc) is 3.07. The number of rotatable bonds is 5. The van der Waals surface area contributed by atoms with Gasteiger partial charge in [0.15, 0.2) is 0 Å². The van der Waals surface area contributed by atoms with Gasteiger partial charge in [-0.15, -0.1) is 0 Å². The number of carbonyl (C=O) groups excluding carboxylic acids is 1. The zero-order valence-corrected chi connectivity index (χ0v) is 14.6. The van der Waals surface area contributed by atoms with Crippen molar-refractivity contribution in [3.63, 3.8) is 0 Å². The van der Waals surface area contributed by atoms with Crippen LogP contribution in [0.3, 0.4) is 0 Å². The molecule has 0 spiro atoms. The van der Waals surface area contributed by atoms with Gasteiger partial charge in [-0.05, 0) is 37.3 Å². The van der Waals surface area contributed by atoms with Crippen molar-refractivity contribution < 1.29 is 9.53 Å². The van der Waals surface area contributed by atoms with E-state index in [0.29, 0.717) is 31.9 Å². The Hall–Kier alpha value is -3.15. The van der Waals surface area contributed by atoms with Gasteiger partial charge in [-0.1, -0.05) is 24.3 Å². The maximum absolute atomic E-state index is 12.8. The molecule has 0 unspecified atom stereocenters. The first-order valence-corrected chi connectivity index (χ1v) is 8.65. The van der Waals surface area contributed by atoms with E-state index in [1.807, 2.05) is 66.4 Å². The van der Waals surface area contributed by atoms with Crippen LogP contribution in [0.25, 0.3) is 0 Å². The molecule has 0 bridgehead atoms. The van der Waals surface area contributed by atoms with Crippen molar-refractivity contribution in [3.8, 4) is 5.75 Å². The van der Waals surface area contributed by atoms with Crippen molar-refractivity contribution in [2.45, 2.75) is 26.6 Å². The van der Waals surface area contributed by atoms with Gasteiger partial charge in [-0.25, -0.2) is 0 Å². The van der Waals surface area contributed by atoms with E-state index in [-0.39, 0.29) is 5.91 Å². The van der Waals surface area contributed by atoms with Crippen molar-refractivity contribution in [1.29, 1.82) is 0 Å². The number of aryl methyl sites for hydroxylation is 1. The highest BCUT2D eigenvalue weighted by atomic mass is 16.5. The van der Waals surface area contributed by atoms with Crippen LogP contribution in [0.2, 0.25) is 0 Å². The fourth-order valence-corrected chi connectivity index (χ4v) is 3.07. The second kappa shape index (κ2) is 7.00. The van der Waals surface area contributed by atoms with E-state index in [4.69, 9.17) is 4.74 Å². The number of para-hydroxylation sites is 1. The largest absolute Gasteiger partial charge is 0.487 e. The lowest BCUT2D eigenvalue weighted by Gasteiger charge is -2.27. The minimum Gasteiger partial charge on any atom is -0.487 e. The van der Waals surface area contributed by atoms with Crippen LogP contribution in [-0.2, 0) is 19.7 Å². The molecule has 26 heavy (non-hydrogen) atoms. The van der Waals surface area contributed by atoms with Gasteiger partial charge in [0, 0.05) is 12.2 Å². The van der Waals surface area contributed by atoms with Crippen molar-refractivity contribution in [1.82, 2.24) is 19.7 Å². The van der Waals surface area contributed by atoms with Crippen LogP contribution in [0.4, 0.5) is 0 Å². The Bertz CT molecular complexity index is 921. The molecule has 0 atom stereocenters. The molecule has 0 radical (unpaired) electrons. The smallest absolute Gasteiger partial charge is 0.272 e. The third-order valence-corrected chi connectivity index (χ3v) is 4.35. The normalized spacial score (nSPS) is 13.6. The Morgan fingerprint density at radius 3 is 2.69 bits per heavy atom. The zero-order chi connectivity index (χ0) is 17.9. The fraction of sp³-hybridized carbons (Fsp3) is 0.250. The van der Waals surface area contributed by atoms with Crippen molar-refractivity contribution in [3.05, 3.63) is 77.4 Å². The quantitative estimate of drug-likeness (QED) is 0.711. The van der Waals surface area contributed by atoms with E-state index in [2.05, 4.69) is 10.1 Å². The second-order valence-corrected chi connectivity index (χ2v) is 6.34. The molecule has 2 aromatic heterocycles. The lowest BCUT2D eigenvalue weighted by molar-refractivity contribution is 0.0681. The predicted octanol–water partition coefficient (Wildman–Crippen LogP) is 2.82. The summed E-state index contributed by atoms with van der Waals surface area (Å²) < 4.78 is 7.50. The highest BCUT2D eigenvalue weighted by Gasteiger charge is 2.26. The third kappa shape index (κ3) is 3.44. The van der Waals surface area contributed by atoms with Crippen LogP contribution in [-0.4, -0.2) is 32.1 Å². The summed E-state index contributed by atoms with van der Waals surface area (Å²) in [7, 11) is 0. The van der Waals surface area contributed by atoms with Gasteiger partial charge >= 0.3 is 0 Å². The van der Waals surface area contributed by atoms with E-state index in [0.717, 1.165) is 22.8 Å². The summed E-state index contributed by atoms with van der Waals surface area (Å²) in [5.41, 5.74) is 3.22. The number of hydrogen-bond acceptors (Lipinski definition) is 4. The van der Waals surface area contributed by atoms with E-state index >= 15 is 0 Å². The summed E-state index contributed by atoms with van der Waals surface area (Å²) in [5, 5.41) is 4.50. The van der Waals surface area contributed by atoms with Gasteiger partial charge in [0.1, 0.15) is 23.7 Å². The fourth-order valence-electron chi connectivity index (χ4n) is 3.07. The Morgan fingerprint density at radius 2 is 1.88 bits per heavy atom. The number of carbonyl (C=O) groups is 1. The molecule has 132 valence electrons. The SMILES string of the molecule is Cc1cccc(CN2CCn3nc(COc4ccccc4)cc3C2=O)n1. The standard InChI is InChI=1S/C20H20N4O2/c1-15-6-5-7-16(21-15)13-23-10-11-24-19(20(23)25)12-17(22-24)14-26-18-8-3-2-4-9-18/h2-9,12H,10-11,13-14H2,1H3. The van der Waals surface area contributed by atoms with Gasteiger partial charge in [-0.2, -0.15) is 5.10 Å². The molecule has 3 heterocycles. The monoisotopic (exact) mass is 348 g/mol. The van der Waals surface area contributed by atoms with Crippen LogP contribution in [0.5, 0.6) is 5.75 Å². The molecule has 1 aliphatic heterocycles. The topological polar surface area (TPSA) is 60.2 Å². The molecule has 0 fully saturated rings. The number of aromatic nitrogens is 3. The van der Waals surface area contributed by atoms with Crippen molar-refractivity contribution in [2.75, 3.05) is 6.54 Å². The predicted molar refractivity (Wildman–Crippen MR) is 96.7 cm³/mol. The molecule has 0 N–H and O–H groups in total. The number of benzene rings is 1. The molecular formula is C20H20N4O2. The molecule has 1 aromatic carbocycles. The Balaban J connectivity index is 1.45. The van der Waals surface area contributed by atoms with Crippen LogP contribution < -0.4 is 4.74 Å². The summed E-state index contributed by atoms with van der Waals surface area (Å²) in [5.74, 6) is 0.773. The number of hydrogen-bond donors (Lipinski definition) is 0. The summed E-state index contributed by atoms with van der Waals surface area (Å²) in [6, 6.07) is 17.3. The molecule has 0 aliphatic carbocycles. The average molecular weight is 348 g/mol. The third-order valence-electron chi connectivity index (χ3n) is 4.35. The van der Waals surface area contributed by atoms with Gasteiger partial charge in [-0.3, -0.25) is 14.5 Å².